The fraction of sp³-hybridized carbons (Fsp3) is 1.00. The molecule has 0 saturated heterocycles. The van der Waals surface area contributed by atoms with E-state index >= 15 is 0 Å². The third kappa shape index (κ3) is 11.4. The molecule has 0 amide bonds. The Labute approximate surface area is 137 Å². The van der Waals surface area contributed by atoms with Crippen molar-refractivity contribution in [2.24, 2.45) is 11.7 Å². The monoisotopic (exact) mass is 317 g/mol. The standard InChI is InChI=1S/C18H39NO3/c1-3-15(2)12-10-8-6-4-5-7-9-11-13-17(21)18(22)16(19)14-20/h15-18,20-22H,3-14,19H2,1-2H3/t15?,16-,17+,18-/m0/s1. The van der Waals surface area contributed by atoms with Crippen LogP contribution in [-0.2, 0) is 0 Å². The summed E-state index contributed by atoms with van der Waals surface area (Å²) in [5, 5.41) is 28.2. The number of rotatable bonds is 15. The second kappa shape index (κ2) is 14.4. The molecule has 0 radical (unpaired) electrons. The van der Waals surface area contributed by atoms with Gasteiger partial charge in [0.05, 0.1) is 24.9 Å². The van der Waals surface area contributed by atoms with E-state index in [1.165, 1.54) is 51.4 Å². The lowest BCUT2D eigenvalue weighted by atomic mass is 9.99. The first-order valence-electron chi connectivity index (χ1n) is 9.25. The molecule has 0 aliphatic heterocycles. The van der Waals surface area contributed by atoms with E-state index in [0.717, 1.165) is 18.8 Å². The Balaban J connectivity index is 3.33. The Morgan fingerprint density at radius 2 is 1.27 bits per heavy atom. The van der Waals surface area contributed by atoms with Gasteiger partial charge in [0.2, 0.25) is 0 Å². The van der Waals surface area contributed by atoms with Gasteiger partial charge < -0.3 is 21.1 Å². The molecule has 5 N–H and O–H groups in total. The fourth-order valence-electron chi connectivity index (χ4n) is 2.68. The Morgan fingerprint density at radius 1 is 0.818 bits per heavy atom. The van der Waals surface area contributed by atoms with Crippen molar-refractivity contribution in [2.75, 3.05) is 6.61 Å². The second-order valence-corrected chi connectivity index (χ2v) is 6.82. The van der Waals surface area contributed by atoms with Gasteiger partial charge in [-0.25, -0.2) is 0 Å². The van der Waals surface area contributed by atoms with Gasteiger partial charge in [0.25, 0.3) is 0 Å². The minimum Gasteiger partial charge on any atom is -0.395 e. The largest absolute Gasteiger partial charge is 0.395 e. The molecular formula is C18H39NO3. The third-order valence-corrected chi connectivity index (χ3v) is 4.69. The molecule has 0 aromatic heterocycles. The minimum absolute atomic E-state index is 0.296. The number of aliphatic hydroxyl groups excluding tert-OH is 3. The van der Waals surface area contributed by atoms with Gasteiger partial charge >= 0.3 is 0 Å². The first kappa shape index (κ1) is 21.8. The molecule has 134 valence electrons. The lowest BCUT2D eigenvalue weighted by Gasteiger charge is -2.22. The molecule has 4 heteroatoms. The number of hydrogen-bond donors (Lipinski definition) is 4. The molecule has 0 heterocycles. The van der Waals surface area contributed by atoms with Crippen LogP contribution in [0.5, 0.6) is 0 Å². The van der Waals surface area contributed by atoms with Gasteiger partial charge in [0.15, 0.2) is 0 Å². The van der Waals surface area contributed by atoms with Crippen LogP contribution >= 0.6 is 0 Å². The van der Waals surface area contributed by atoms with Crippen LogP contribution in [0.25, 0.3) is 0 Å². The molecule has 0 aliphatic rings. The lowest BCUT2D eigenvalue weighted by molar-refractivity contribution is -0.0121. The van der Waals surface area contributed by atoms with Crippen LogP contribution in [0, 0.1) is 5.92 Å². The molecule has 4 atom stereocenters. The van der Waals surface area contributed by atoms with Crippen molar-refractivity contribution in [3.8, 4) is 0 Å². The van der Waals surface area contributed by atoms with Crippen LogP contribution in [0.2, 0.25) is 0 Å². The normalized spacial score (nSPS) is 17.2. The van der Waals surface area contributed by atoms with Gasteiger partial charge in [-0.2, -0.15) is 0 Å². The quantitative estimate of drug-likeness (QED) is 0.350. The highest BCUT2D eigenvalue weighted by molar-refractivity contribution is 4.77. The van der Waals surface area contributed by atoms with E-state index in [0.29, 0.717) is 6.42 Å². The minimum atomic E-state index is -1.02. The highest BCUT2D eigenvalue weighted by Gasteiger charge is 2.22. The van der Waals surface area contributed by atoms with Crippen LogP contribution in [0.1, 0.15) is 84.5 Å². The van der Waals surface area contributed by atoms with Crippen LogP contribution in [0.15, 0.2) is 0 Å². The fourth-order valence-corrected chi connectivity index (χ4v) is 2.68. The molecule has 0 spiro atoms. The first-order valence-corrected chi connectivity index (χ1v) is 9.25. The van der Waals surface area contributed by atoms with Crippen molar-refractivity contribution in [1.82, 2.24) is 0 Å². The van der Waals surface area contributed by atoms with Gasteiger partial charge in [-0.1, -0.05) is 78.1 Å². The maximum atomic E-state index is 9.74. The predicted octanol–water partition coefficient (Wildman–Crippen LogP) is 2.97. The average Bonchev–Trinajstić information content (AvgIpc) is 2.54. The van der Waals surface area contributed by atoms with Crippen molar-refractivity contribution in [3.63, 3.8) is 0 Å². The van der Waals surface area contributed by atoms with Crippen molar-refractivity contribution < 1.29 is 15.3 Å². The van der Waals surface area contributed by atoms with Crippen molar-refractivity contribution in [2.45, 2.75) is 103 Å². The second-order valence-electron chi connectivity index (χ2n) is 6.82. The molecule has 0 aromatic carbocycles. The SMILES string of the molecule is CCC(C)CCCCCCCCCC[C@@H](O)[C@@H](O)[C@@H](N)CO. The van der Waals surface area contributed by atoms with Crippen LogP contribution in [0.3, 0.4) is 0 Å². The summed E-state index contributed by atoms with van der Waals surface area (Å²) in [5.74, 6) is 0.876. The maximum Gasteiger partial charge on any atom is 0.0971 e. The highest BCUT2D eigenvalue weighted by atomic mass is 16.3. The van der Waals surface area contributed by atoms with Gasteiger partial charge in [-0.05, 0) is 12.3 Å². The average molecular weight is 318 g/mol. The van der Waals surface area contributed by atoms with E-state index in [4.69, 9.17) is 10.8 Å². The van der Waals surface area contributed by atoms with Gasteiger partial charge in [-0.15, -0.1) is 0 Å². The van der Waals surface area contributed by atoms with E-state index in [-0.39, 0.29) is 6.61 Å². The summed E-state index contributed by atoms with van der Waals surface area (Å²) in [6, 6.07) is -0.745. The molecule has 0 aliphatic carbocycles. The Hall–Kier alpha value is -0.160. The van der Waals surface area contributed by atoms with Crippen molar-refractivity contribution in [1.29, 1.82) is 0 Å². The summed E-state index contributed by atoms with van der Waals surface area (Å²) in [6.07, 6.45) is 11.2. The van der Waals surface area contributed by atoms with Crippen molar-refractivity contribution in [3.05, 3.63) is 0 Å². The molecule has 0 aromatic rings. The number of unbranched alkanes of at least 4 members (excludes halogenated alkanes) is 7. The Morgan fingerprint density at radius 3 is 1.73 bits per heavy atom. The zero-order chi connectivity index (χ0) is 16.8. The van der Waals surface area contributed by atoms with E-state index in [9.17, 15) is 10.2 Å². The van der Waals surface area contributed by atoms with Crippen LogP contribution < -0.4 is 5.73 Å². The summed E-state index contributed by atoms with van der Waals surface area (Å²) >= 11 is 0. The number of nitrogens with two attached hydrogens (primary N) is 1. The molecule has 1 unspecified atom stereocenters. The number of aliphatic hydroxyl groups is 3. The highest BCUT2D eigenvalue weighted by Crippen LogP contribution is 2.15. The van der Waals surface area contributed by atoms with Crippen LogP contribution in [0.4, 0.5) is 0 Å². The van der Waals surface area contributed by atoms with E-state index in [1.54, 1.807) is 0 Å². The van der Waals surface area contributed by atoms with Crippen LogP contribution in [-0.4, -0.2) is 40.2 Å². The van der Waals surface area contributed by atoms with Gasteiger partial charge in [-0.3, -0.25) is 0 Å². The molecule has 0 saturated carbocycles. The molecule has 0 fully saturated rings. The predicted molar refractivity (Wildman–Crippen MR) is 92.7 cm³/mol. The molecule has 22 heavy (non-hydrogen) atoms. The van der Waals surface area contributed by atoms with E-state index in [1.807, 2.05) is 0 Å². The molecule has 0 rings (SSSR count). The summed E-state index contributed by atoms with van der Waals surface area (Å²) in [4.78, 5) is 0. The van der Waals surface area contributed by atoms with Gasteiger partial charge in [0.1, 0.15) is 0 Å². The lowest BCUT2D eigenvalue weighted by Crippen LogP contribution is -2.45. The molecule has 4 nitrogen and oxygen atoms in total. The van der Waals surface area contributed by atoms with Gasteiger partial charge in [0, 0.05) is 0 Å². The van der Waals surface area contributed by atoms with E-state index in [2.05, 4.69) is 13.8 Å². The first-order chi connectivity index (χ1) is 10.5. The third-order valence-electron chi connectivity index (χ3n) is 4.69. The summed E-state index contributed by atoms with van der Waals surface area (Å²) in [6.45, 7) is 4.30. The number of hydrogen-bond acceptors (Lipinski definition) is 4. The zero-order valence-corrected chi connectivity index (χ0v) is 14.7. The zero-order valence-electron chi connectivity index (χ0n) is 14.7. The summed E-state index contributed by atoms with van der Waals surface area (Å²) in [5.41, 5.74) is 5.49. The van der Waals surface area contributed by atoms with E-state index < -0.39 is 18.2 Å². The Kier molecular flexibility index (Phi) is 14.3. The maximum absolute atomic E-state index is 9.74. The topological polar surface area (TPSA) is 86.7 Å². The summed E-state index contributed by atoms with van der Waals surface area (Å²) < 4.78 is 0. The smallest absolute Gasteiger partial charge is 0.0971 e. The Bertz CT molecular complexity index is 238. The molecular weight excluding hydrogens is 278 g/mol. The summed E-state index contributed by atoms with van der Waals surface area (Å²) in [7, 11) is 0. The van der Waals surface area contributed by atoms with Crippen molar-refractivity contribution >= 4 is 0 Å². The molecule has 0 bridgehead atoms.